The normalized spacial score (nSPS) is 15.8. The number of carbonyl (C=O) groups is 1. The first-order valence-electron chi connectivity index (χ1n) is 9.63. The molecule has 1 aliphatic heterocycles. The highest BCUT2D eigenvalue weighted by Crippen LogP contribution is 2.47. The molecule has 1 aliphatic rings. The predicted octanol–water partition coefficient (Wildman–Crippen LogP) is 3.86. The first kappa shape index (κ1) is 21.8. The van der Waals surface area contributed by atoms with E-state index in [0.717, 1.165) is 0 Å². The van der Waals surface area contributed by atoms with Crippen LogP contribution in [0.15, 0.2) is 53.6 Å². The number of rotatable bonds is 7. The summed E-state index contributed by atoms with van der Waals surface area (Å²) in [6.07, 6.45) is 3.53. The van der Waals surface area contributed by atoms with E-state index in [4.69, 9.17) is 23.7 Å². The van der Waals surface area contributed by atoms with Crippen molar-refractivity contribution < 1.29 is 28.5 Å². The van der Waals surface area contributed by atoms with Gasteiger partial charge in [-0.1, -0.05) is 0 Å². The molecule has 8 heteroatoms. The summed E-state index contributed by atoms with van der Waals surface area (Å²) in [5, 5.41) is 10.1. The lowest BCUT2D eigenvalue weighted by atomic mass is 9.82. The van der Waals surface area contributed by atoms with E-state index < -0.39 is 11.9 Å². The Labute approximate surface area is 180 Å². The van der Waals surface area contributed by atoms with Crippen LogP contribution in [0.2, 0.25) is 0 Å². The molecule has 1 unspecified atom stereocenters. The highest BCUT2D eigenvalue weighted by molar-refractivity contribution is 5.93. The van der Waals surface area contributed by atoms with Gasteiger partial charge in [0, 0.05) is 12.4 Å². The van der Waals surface area contributed by atoms with E-state index in [-0.39, 0.29) is 17.8 Å². The largest absolute Gasteiger partial charge is 0.493 e. The van der Waals surface area contributed by atoms with Crippen LogP contribution in [0.25, 0.3) is 5.88 Å². The van der Waals surface area contributed by atoms with Crippen LogP contribution < -0.4 is 14.2 Å². The van der Waals surface area contributed by atoms with Crippen LogP contribution >= 0.6 is 0 Å². The Hall–Kier alpha value is -3.86. The van der Waals surface area contributed by atoms with Gasteiger partial charge in [0.25, 0.3) is 0 Å². The van der Waals surface area contributed by atoms with Gasteiger partial charge in [-0.25, -0.2) is 4.79 Å². The summed E-state index contributed by atoms with van der Waals surface area (Å²) in [5.41, 5.74) is 1.09. The van der Waals surface area contributed by atoms with Crippen LogP contribution in [-0.2, 0) is 14.3 Å². The van der Waals surface area contributed by atoms with Crippen molar-refractivity contribution in [2.75, 3.05) is 27.9 Å². The average molecular weight is 424 g/mol. The summed E-state index contributed by atoms with van der Waals surface area (Å²) < 4.78 is 29.3. The number of benzene rings is 1. The number of allylic oxidation sites excluding steroid dienone is 2. The van der Waals surface area contributed by atoms with Crippen molar-refractivity contribution in [2.24, 2.45) is 0 Å². The summed E-state index contributed by atoms with van der Waals surface area (Å²) >= 11 is 0. The van der Waals surface area contributed by atoms with Crippen molar-refractivity contribution in [1.29, 1.82) is 5.26 Å². The number of nitriles is 1. The Balaban J connectivity index is 2.30. The number of carbonyl (C=O) groups excluding carboxylic acids is 1. The maximum Gasteiger partial charge on any atom is 0.338 e. The fourth-order valence-corrected chi connectivity index (χ4v) is 3.57. The highest BCUT2D eigenvalue weighted by Gasteiger charge is 2.38. The number of methoxy groups -OCH3 is 3. The molecule has 3 rings (SSSR count). The van der Waals surface area contributed by atoms with Gasteiger partial charge in [-0.05, 0) is 43.7 Å². The maximum absolute atomic E-state index is 12.9. The Bertz CT molecular complexity index is 1050. The molecule has 1 atom stereocenters. The summed E-state index contributed by atoms with van der Waals surface area (Å²) in [7, 11) is 4.52. The number of aromatic nitrogens is 1. The molecule has 0 saturated heterocycles. The number of hydrogen-bond acceptors (Lipinski definition) is 7. The molecule has 0 amide bonds. The second-order valence-electron chi connectivity index (χ2n) is 6.61. The van der Waals surface area contributed by atoms with Crippen LogP contribution in [0, 0.1) is 11.3 Å². The summed E-state index contributed by atoms with van der Waals surface area (Å²) in [6, 6.07) is 9.29. The van der Waals surface area contributed by atoms with Crippen LogP contribution in [0.4, 0.5) is 0 Å². The number of nitrogens with zero attached hydrogens (tertiary/aromatic N) is 2. The minimum Gasteiger partial charge on any atom is -0.493 e. The molecule has 0 N–H and O–H groups in total. The molecule has 0 radical (unpaired) electrons. The second-order valence-corrected chi connectivity index (χ2v) is 6.61. The lowest BCUT2D eigenvalue weighted by Crippen LogP contribution is -2.24. The molecule has 0 bridgehead atoms. The summed E-state index contributed by atoms with van der Waals surface area (Å²) in [6.45, 7) is 3.58. The van der Waals surface area contributed by atoms with Gasteiger partial charge in [-0.15, -0.1) is 0 Å². The summed E-state index contributed by atoms with van der Waals surface area (Å²) in [4.78, 5) is 12.9. The zero-order valence-electron chi connectivity index (χ0n) is 18.1. The molecular formula is C23H24N2O6. The smallest absolute Gasteiger partial charge is 0.338 e. The topological polar surface area (TPSA) is 91.9 Å². The number of esters is 1. The molecule has 0 aliphatic carbocycles. The standard InChI is InChI=1S/C23H24N2O6/c1-6-30-23(26)19-14(2)31-22(25-9-7-8-10-25)16(13-24)20(19)15-11-17(27-3)21(29-5)18(12-15)28-4/h7-12,20H,6H2,1-5H3. The van der Waals surface area contributed by atoms with Crippen LogP contribution in [0.5, 0.6) is 17.2 Å². The Morgan fingerprint density at radius 1 is 1.13 bits per heavy atom. The van der Waals surface area contributed by atoms with Gasteiger partial charge >= 0.3 is 5.97 Å². The number of ether oxygens (including phenoxy) is 5. The van der Waals surface area contributed by atoms with E-state index in [1.54, 1.807) is 42.9 Å². The van der Waals surface area contributed by atoms with Crippen LogP contribution in [0.1, 0.15) is 25.3 Å². The van der Waals surface area contributed by atoms with Crippen molar-refractivity contribution in [3.05, 3.63) is 59.1 Å². The summed E-state index contributed by atoms with van der Waals surface area (Å²) in [5.74, 6) is 0.569. The molecule has 1 aromatic carbocycles. The first-order valence-corrected chi connectivity index (χ1v) is 9.63. The van der Waals surface area contributed by atoms with E-state index in [1.165, 1.54) is 21.3 Å². The van der Waals surface area contributed by atoms with E-state index in [0.29, 0.717) is 34.5 Å². The first-order chi connectivity index (χ1) is 15.0. The third-order valence-electron chi connectivity index (χ3n) is 4.91. The zero-order chi connectivity index (χ0) is 22.5. The van der Waals surface area contributed by atoms with Gasteiger partial charge in [0.05, 0.1) is 39.4 Å². The quantitative estimate of drug-likeness (QED) is 0.623. The SMILES string of the molecule is CCOC(=O)C1=C(C)OC(n2cccc2)=C(C#N)C1c1cc(OC)c(OC)c(OC)c1. The van der Waals surface area contributed by atoms with Gasteiger partial charge in [0.2, 0.25) is 11.6 Å². The van der Waals surface area contributed by atoms with Crippen molar-refractivity contribution in [1.82, 2.24) is 4.57 Å². The maximum atomic E-state index is 12.9. The van der Waals surface area contributed by atoms with Gasteiger partial charge in [0.1, 0.15) is 17.4 Å². The Morgan fingerprint density at radius 2 is 1.74 bits per heavy atom. The molecule has 162 valence electrons. The van der Waals surface area contributed by atoms with E-state index in [9.17, 15) is 10.1 Å². The molecular weight excluding hydrogens is 400 g/mol. The molecule has 31 heavy (non-hydrogen) atoms. The number of hydrogen-bond donors (Lipinski definition) is 0. The van der Waals surface area contributed by atoms with Gasteiger partial charge in [-0.2, -0.15) is 5.26 Å². The third-order valence-corrected chi connectivity index (χ3v) is 4.91. The van der Waals surface area contributed by atoms with Crippen molar-refractivity contribution in [2.45, 2.75) is 19.8 Å². The molecule has 2 heterocycles. The minimum absolute atomic E-state index is 0.188. The Kier molecular flexibility index (Phi) is 6.55. The lowest BCUT2D eigenvalue weighted by molar-refractivity contribution is -0.139. The molecule has 0 saturated carbocycles. The molecule has 2 aromatic rings. The Morgan fingerprint density at radius 3 is 2.23 bits per heavy atom. The van der Waals surface area contributed by atoms with Gasteiger partial charge in [0.15, 0.2) is 11.5 Å². The monoisotopic (exact) mass is 424 g/mol. The zero-order valence-corrected chi connectivity index (χ0v) is 18.1. The molecule has 0 spiro atoms. The third kappa shape index (κ3) is 3.94. The fraction of sp³-hybridized carbons (Fsp3) is 0.304. The fourth-order valence-electron chi connectivity index (χ4n) is 3.57. The van der Waals surface area contributed by atoms with Crippen molar-refractivity contribution >= 4 is 11.9 Å². The molecule has 0 fully saturated rings. The van der Waals surface area contributed by atoms with Gasteiger partial charge in [-0.3, -0.25) is 4.57 Å². The van der Waals surface area contributed by atoms with Crippen molar-refractivity contribution in [3.8, 4) is 23.3 Å². The van der Waals surface area contributed by atoms with Crippen LogP contribution in [0.3, 0.4) is 0 Å². The van der Waals surface area contributed by atoms with Crippen LogP contribution in [-0.4, -0.2) is 38.5 Å². The predicted molar refractivity (Wildman–Crippen MR) is 113 cm³/mol. The van der Waals surface area contributed by atoms with E-state index in [2.05, 4.69) is 6.07 Å². The highest BCUT2D eigenvalue weighted by atomic mass is 16.5. The molecule has 1 aromatic heterocycles. The van der Waals surface area contributed by atoms with E-state index >= 15 is 0 Å². The lowest BCUT2D eigenvalue weighted by Gasteiger charge is -2.29. The second kappa shape index (κ2) is 9.30. The van der Waals surface area contributed by atoms with Crippen molar-refractivity contribution in [3.63, 3.8) is 0 Å². The van der Waals surface area contributed by atoms with Gasteiger partial charge < -0.3 is 23.7 Å². The average Bonchev–Trinajstić information content (AvgIpc) is 3.32. The van der Waals surface area contributed by atoms with E-state index in [1.807, 2.05) is 12.1 Å². The minimum atomic E-state index is -0.760. The molecule has 8 nitrogen and oxygen atoms in total.